The summed E-state index contributed by atoms with van der Waals surface area (Å²) in [6.07, 6.45) is -3.19. The number of nitrogens with zero attached hydrogens (tertiary/aromatic N) is 3. The molecule has 152 valence electrons. The summed E-state index contributed by atoms with van der Waals surface area (Å²) in [7, 11) is 0. The van der Waals surface area contributed by atoms with Gasteiger partial charge in [0, 0.05) is 5.02 Å². The second kappa shape index (κ2) is 8.64. The molecular weight excluding hydrogens is 448 g/mol. The second-order valence-corrected chi connectivity index (χ2v) is 7.67. The van der Waals surface area contributed by atoms with Crippen LogP contribution in [0.5, 0.6) is 0 Å². The van der Waals surface area contributed by atoms with E-state index in [9.17, 15) is 18.0 Å². The number of carbonyl (C=O) groups excluding carboxylic acids is 1. The number of para-hydroxylation sites is 1. The Balaban J connectivity index is 1.74. The Kier molecular flexibility index (Phi) is 6.40. The van der Waals surface area contributed by atoms with Crippen LogP contribution in [0.25, 0.3) is 5.69 Å². The van der Waals surface area contributed by atoms with Crippen molar-refractivity contribution < 1.29 is 18.0 Å². The number of alkyl halides is 3. The fourth-order valence-corrected chi connectivity index (χ4v) is 3.55. The lowest BCUT2D eigenvalue weighted by atomic mass is 10.1. The number of aromatic nitrogens is 3. The maximum Gasteiger partial charge on any atom is 0.418 e. The highest BCUT2D eigenvalue weighted by Crippen LogP contribution is 2.38. The van der Waals surface area contributed by atoms with Crippen LogP contribution in [0, 0.1) is 6.92 Å². The number of hydrogen-bond donors (Lipinski definition) is 1. The van der Waals surface area contributed by atoms with Gasteiger partial charge in [-0.25, -0.2) is 0 Å². The molecule has 1 aromatic heterocycles. The van der Waals surface area contributed by atoms with E-state index in [1.165, 1.54) is 18.5 Å². The van der Waals surface area contributed by atoms with E-state index in [-0.39, 0.29) is 10.8 Å². The van der Waals surface area contributed by atoms with E-state index in [1.807, 2.05) is 19.1 Å². The van der Waals surface area contributed by atoms with Gasteiger partial charge in [-0.2, -0.15) is 13.2 Å². The van der Waals surface area contributed by atoms with Gasteiger partial charge in [0.2, 0.25) is 5.91 Å². The summed E-state index contributed by atoms with van der Waals surface area (Å²) < 4.78 is 41.1. The summed E-state index contributed by atoms with van der Waals surface area (Å²) in [5, 5.41) is 10.7. The van der Waals surface area contributed by atoms with Gasteiger partial charge in [-0.3, -0.25) is 9.36 Å². The Hall–Kier alpha value is -2.23. The van der Waals surface area contributed by atoms with Crippen LogP contribution in [-0.2, 0) is 11.0 Å². The number of halogens is 5. The SMILES string of the molecule is Cc1ccc(-n2cnnc2SCC(=O)Nc2c(Cl)cccc2C(F)(F)F)cc1Cl. The fraction of sp³-hybridized carbons (Fsp3) is 0.167. The summed E-state index contributed by atoms with van der Waals surface area (Å²) in [5.41, 5.74) is 0.108. The van der Waals surface area contributed by atoms with Crippen molar-refractivity contribution in [3.8, 4) is 5.69 Å². The zero-order valence-corrected chi connectivity index (χ0v) is 17.1. The number of hydrogen-bond acceptors (Lipinski definition) is 4. The first-order valence-corrected chi connectivity index (χ1v) is 9.86. The zero-order valence-electron chi connectivity index (χ0n) is 14.8. The monoisotopic (exact) mass is 460 g/mol. The smallest absolute Gasteiger partial charge is 0.324 e. The largest absolute Gasteiger partial charge is 0.418 e. The number of amides is 1. The van der Waals surface area contributed by atoms with Crippen molar-refractivity contribution in [2.75, 3.05) is 11.1 Å². The summed E-state index contributed by atoms with van der Waals surface area (Å²) in [4.78, 5) is 12.2. The molecule has 3 aromatic rings. The van der Waals surface area contributed by atoms with E-state index < -0.39 is 23.3 Å². The topological polar surface area (TPSA) is 59.8 Å². The number of benzene rings is 2. The summed E-state index contributed by atoms with van der Waals surface area (Å²) >= 11 is 13.0. The molecule has 0 atom stereocenters. The zero-order chi connectivity index (χ0) is 21.2. The van der Waals surface area contributed by atoms with Crippen LogP contribution in [-0.4, -0.2) is 26.4 Å². The molecule has 0 aliphatic carbocycles. The van der Waals surface area contributed by atoms with Crippen LogP contribution in [0.4, 0.5) is 18.9 Å². The quantitative estimate of drug-likeness (QED) is 0.501. The van der Waals surface area contributed by atoms with Crippen LogP contribution in [0.3, 0.4) is 0 Å². The van der Waals surface area contributed by atoms with Crippen molar-refractivity contribution in [3.63, 3.8) is 0 Å². The summed E-state index contributed by atoms with van der Waals surface area (Å²) in [6.45, 7) is 1.86. The molecule has 0 radical (unpaired) electrons. The highest BCUT2D eigenvalue weighted by Gasteiger charge is 2.34. The maximum absolute atomic E-state index is 13.1. The van der Waals surface area contributed by atoms with E-state index in [2.05, 4.69) is 15.5 Å². The molecule has 0 fully saturated rings. The van der Waals surface area contributed by atoms with Gasteiger partial charge in [-0.15, -0.1) is 10.2 Å². The number of rotatable bonds is 5. The Morgan fingerprint density at radius 3 is 2.66 bits per heavy atom. The molecule has 0 spiro atoms. The van der Waals surface area contributed by atoms with E-state index in [1.54, 1.807) is 10.6 Å². The average molecular weight is 461 g/mol. The minimum Gasteiger partial charge on any atom is -0.324 e. The molecule has 0 saturated carbocycles. The molecule has 1 amide bonds. The lowest BCUT2D eigenvalue weighted by Crippen LogP contribution is -2.18. The van der Waals surface area contributed by atoms with E-state index in [4.69, 9.17) is 23.2 Å². The van der Waals surface area contributed by atoms with Crippen molar-refractivity contribution in [1.29, 1.82) is 0 Å². The number of carbonyl (C=O) groups is 1. The molecule has 5 nitrogen and oxygen atoms in total. The van der Waals surface area contributed by atoms with Gasteiger partial charge in [-0.05, 0) is 36.8 Å². The predicted molar refractivity (Wildman–Crippen MR) is 107 cm³/mol. The molecule has 2 aromatic carbocycles. The lowest BCUT2D eigenvalue weighted by molar-refractivity contribution is -0.137. The number of nitrogens with one attached hydrogen (secondary N) is 1. The summed E-state index contributed by atoms with van der Waals surface area (Å²) in [5.74, 6) is -0.856. The van der Waals surface area contributed by atoms with Crippen LogP contribution >= 0.6 is 35.0 Å². The van der Waals surface area contributed by atoms with Crippen molar-refractivity contribution in [3.05, 3.63) is 63.9 Å². The first-order valence-electron chi connectivity index (χ1n) is 8.11. The number of thioether (sulfide) groups is 1. The van der Waals surface area contributed by atoms with Crippen LogP contribution < -0.4 is 5.32 Å². The molecule has 11 heteroatoms. The van der Waals surface area contributed by atoms with E-state index in [0.29, 0.717) is 15.9 Å². The third kappa shape index (κ3) is 5.04. The molecule has 1 N–H and O–H groups in total. The maximum atomic E-state index is 13.1. The van der Waals surface area contributed by atoms with Crippen LogP contribution in [0.15, 0.2) is 47.9 Å². The molecule has 29 heavy (non-hydrogen) atoms. The van der Waals surface area contributed by atoms with E-state index >= 15 is 0 Å². The minimum atomic E-state index is -4.65. The first-order chi connectivity index (χ1) is 13.7. The van der Waals surface area contributed by atoms with Crippen molar-refractivity contribution in [2.45, 2.75) is 18.3 Å². The molecule has 1 heterocycles. The molecule has 0 aliphatic rings. The minimum absolute atomic E-state index is 0.194. The Morgan fingerprint density at radius 1 is 1.21 bits per heavy atom. The summed E-state index contributed by atoms with van der Waals surface area (Å²) in [6, 6.07) is 8.67. The Morgan fingerprint density at radius 2 is 1.97 bits per heavy atom. The lowest BCUT2D eigenvalue weighted by Gasteiger charge is -2.15. The molecule has 0 unspecified atom stereocenters. The third-order valence-corrected chi connectivity index (χ3v) is 5.53. The Bertz CT molecular complexity index is 1060. The molecule has 3 rings (SSSR count). The van der Waals surface area contributed by atoms with Gasteiger partial charge in [0.15, 0.2) is 5.16 Å². The molecule has 0 saturated heterocycles. The van der Waals surface area contributed by atoms with Crippen molar-refractivity contribution in [2.24, 2.45) is 0 Å². The molecule has 0 bridgehead atoms. The van der Waals surface area contributed by atoms with Gasteiger partial charge in [0.05, 0.1) is 27.7 Å². The molecule has 0 aliphatic heterocycles. The first kappa shape index (κ1) is 21.5. The fourth-order valence-electron chi connectivity index (χ4n) is 2.42. The highest BCUT2D eigenvalue weighted by atomic mass is 35.5. The van der Waals surface area contributed by atoms with Crippen molar-refractivity contribution >= 4 is 46.6 Å². The van der Waals surface area contributed by atoms with Crippen molar-refractivity contribution in [1.82, 2.24) is 14.8 Å². The van der Waals surface area contributed by atoms with Gasteiger partial charge in [0.25, 0.3) is 0 Å². The number of anilines is 1. The normalized spacial score (nSPS) is 11.5. The van der Waals surface area contributed by atoms with Gasteiger partial charge < -0.3 is 5.32 Å². The average Bonchev–Trinajstić information content (AvgIpc) is 3.11. The second-order valence-electron chi connectivity index (χ2n) is 5.91. The van der Waals surface area contributed by atoms with Gasteiger partial charge in [0.1, 0.15) is 6.33 Å². The van der Waals surface area contributed by atoms with Crippen LogP contribution in [0.1, 0.15) is 11.1 Å². The molecular formula is C18H13Cl2F3N4OS. The van der Waals surface area contributed by atoms with Gasteiger partial charge in [-0.1, -0.05) is 47.1 Å². The van der Waals surface area contributed by atoms with Crippen LogP contribution in [0.2, 0.25) is 10.0 Å². The predicted octanol–water partition coefficient (Wildman–Crippen LogP) is 5.63. The van der Waals surface area contributed by atoms with E-state index in [0.717, 1.165) is 23.4 Å². The number of aryl methyl sites for hydroxylation is 1. The van der Waals surface area contributed by atoms with Gasteiger partial charge >= 0.3 is 6.18 Å². The standard InChI is InChI=1S/C18H13Cl2F3N4OS/c1-10-5-6-11(7-14(10)20)27-9-24-26-17(27)29-8-15(28)25-16-12(18(21,22)23)3-2-4-13(16)19/h2-7,9H,8H2,1H3,(H,25,28). The third-order valence-electron chi connectivity index (χ3n) is 3.87. The highest BCUT2D eigenvalue weighted by molar-refractivity contribution is 7.99. The Labute approximate surface area is 178 Å².